The highest BCUT2D eigenvalue weighted by molar-refractivity contribution is 6.42. The number of urea groups is 1. The number of carbonyl (C=O) groups is 2. The quantitative estimate of drug-likeness (QED) is 0.857. The van der Waals surface area contributed by atoms with Crippen LogP contribution >= 0.6 is 23.2 Å². The lowest BCUT2D eigenvalue weighted by molar-refractivity contribution is -0.106. The fourth-order valence-corrected chi connectivity index (χ4v) is 2.64. The van der Waals surface area contributed by atoms with E-state index in [9.17, 15) is 9.59 Å². The van der Waals surface area contributed by atoms with Gasteiger partial charge >= 0.3 is 6.03 Å². The lowest BCUT2D eigenvalue weighted by Gasteiger charge is -2.25. The fourth-order valence-electron chi connectivity index (χ4n) is 2.35. The Hall–Kier alpha value is -1.26. The Morgan fingerprint density at radius 2 is 1.90 bits per heavy atom. The van der Waals surface area contributed by atoms with E-state index in [4.69, 9.17) is 23.2 Å². The maximum absolute atomic E-state index is 12.1. The summed E-state index contributed by atoms with van der Waals surface area (Å²) in [4.78, 5) is 24.3. The van der Waals surface area contributed by atoms with E-state index < -0.39 is 6.03 Å². The average molecular weight is 315 g/mol. The monoisotopic (exact) mass is 314 g/mol. The first kappa shape index (κ1) is 15.1. The minimum atomic E-state index is -0.426. The van der Waals surface area contributed by atoms with Crippen LogP contribution in [0.2, 0.25) is 10.0 Å². The summed E-state index contributed by atoms with van der Waals surface area (Å²) in [5, 5.41) is 3.57. The Morgan fingerprint density at radius 1 is 1.20 bits per heavy atom. The third-order valence-corrected chi connectivity index (χ3v) is 4.18. The van der Waals surface area contributed by atoms with Crippen LogP contribution in [-0.4, -0.2) is 18.5 Å². The molecule has 108 valence electrons. The van der Waals surface area contributed by atoms with Crippen molar-refractivity contribution in [2.75, 3.05) is 4.90 Å². The molecule has 0 aliphatic heterocycles. The SMILES string of the molecule is O=CN(C(=O)NC1CCCCC1)c1ccc(Cl)c(Cl)c1. The van der Waals surface area contributed by atoms with Crippen LogP contribution in [-0.2, 0) is 4.79 Å². The molecule has 0 radical (unpaired) electrons. The molecule has 0 bridgehead atoms. The van der Waals surface area contributed by atoms with E-state index in [1.807, 2.05) is 0 Å². The van der Waals surface area contributed by atoms with Crippen LogP contribution in [0.4, 0.5) is 10.5 Å². The van der Waals surface area contributed by atoms with Crippen LogP contribution in [0.25, 0.3) is 0 Å². The van der Waals surface area contributed by atoms with E-state index in [0.717, 1.165) is 30.6 Å². The number of anilines is 1. The standard InChI is InChI=1S/C14H16Cl2N2O2/c15-12-7-6-11(8-13(12)16)18(9-19)14(20)17-10-4-2-1-3-5-10/h6-10H,1-5H2,(H,17,20). The second kappa shape index (κ2) is 6.95. The first-order valence-corrected chi connectivity index (χ1v) is 7.37. The molecule has 0 heterocycles. The van der Waals surface area contributed by atoms with E-state index in [-0.39, 0.29) is 6.04 Å². The highest BCUT2D eigenvalue weighted by atomic mass is 35.5. The van der Waals surface area contributed by atoms with Gasteiger partial charge in [-0.3, -0.25) is 4.79 Å². The molecule has 1 N–H and O–H groups in total. The number of imide groups is 1. The lowest BCUT2D eigenvalue weighted by Crippen LogP contribution is -2.45. The summed E-state index contributed by atoms with van der Waals surface area (Å²) < 4.78 is 0. The Labute approximate surface area is 128 Å². The highest BCUT2D eigenvalue weighted by Crippen LogP contribution is 2.27. The van der Waals surface area contributed by atoms with Gasteiger partial charge in [0, 0.05) is 6.04 Å². The number of hydrogen-bond donors (Lipinski definition) is 1. The molecule has 0 aromatic heterocycles. The second-order valence-corrected chi connectivity index (χ2v) is 5.67. The molecular weight excluding hydrogens is 299 g/mol. The maximum atomic E-state index is 12.1. The molecule has 1 saturated carbocycles. The van der Waals surface area contributed by atoms with E-state index in [1.165, 1.54) is 12.5 Å². The molecule has 0 spiro atoms. The summed E-state index contributed by atoms with van der Waals surface area (Å²) in [6.07, 6.45) is 5.82. The zero-order chi connectivity index (χ0) is 14.5. The lowest BCUT2D eigenvalue weighted by atomic mass is 9.96. The summed E-state index contributed by atoms with van der Waals surface area (Å²) in [6, 6.07) is 4.36. The molecule has 0 saturated heterocycles. The van der Waals surface area contributed by atoms with Gasteiger partial charge in [0.1, 0.15) is 0 Å². The fraction of sp³-hybridized carbons (Fsp3) is 0.429. The minimum absolute atomic E-state index is 0.140. The van der Waals surface area contributed by atoms with Crippen LogP contribution in [0.1, 0.15) is 32.1 Å². The molecule has 0 unspecified atom stereocenters. The van der Waals surface area contributed by atoms with Crippen molar-refractivity contribution in [2.45, 2.75) is 38.1 Å². The number of amides is 3. The predicted molar refractivity (Wildman–Crippen MR) is 80.4 cm³/mol. The molecule has 3 amide bonds. The van der Waals surface area contributed by atoms with Crippen molar-refractivity contribution in [3.8, 4) is 0 Å². The van der Waals surface area contributed by atoms with Gasteiger partial charge in [0.05, 0.1) is 15.7 Å². The Morgan fingerprint density at radius 3 is 2.50 bits per heavy atom. The minimum Gasteiger partial charge on any atom is -0.335 e. The zero-order valence-corrected chi connectivity index (χ0v) is 12.5. The number of halogens is 2. The largest absolute Gasteiger partial charge is 0.335 e. The van der Waals surface area contributed by atoms with E-state index >= 15 is 0 Å². The Kier molecular flexibility index (Phi) is 5.26. The van der Waals surface area contributed by atoms with Gasteiger partial charge in [0.25, 0.3) is 0 Å². The third-order valence-electron chi connectivity index (χ3n) is 3.44. The molecule has 0 atom stereocenters. The summed E-state index contributed by atoms with van der Waals surface area (Å²) in [5.74, 6) is 0. The van der Waals surface area contributed by atoms with Crippen molar-refractivity contribution >= 4 is 41.3 Å². The third kappa shape index (κ3) is 3.64. The normalized spacial score (nSPS) is 15.7. The first-order valence-electron chi connectivity index (χ1n) is 6.62. The van der Waals surface area contributed by atoms with Crippen LogP contribution in [0.5, 0.6) is 0 Å². The van der Waals surface area contributed by atoms with Crippen molar-refractivity contribution in [3.05, 3.63) is 28.2 Å². The molecule has 1 aliphatic rings. The number of benzene rings is 1. The molecule has 6 heteroatoms. The van der Waals surface area contributed by atoms with Gasteiger partial charge in [-0.05, 0) is 31.0 Å². The maximum Gasteiger partial charge on any atom is 0.328 e. The number of hydrogen-bond acceptors (Lipinski definition) is 2. The van der Waals surface area contributed by atoms with Crippen LogP contribution < -0.4 is 10.2 Å². The number of rotatable bonds is 3. The van der Waals surface area contributed by atoms with Crippen LogP contribution in [0, 0.1) is 0 Å². The molecule has 20 heavy (non-hydrogen) atoms. The highest BCUT2D eigenvalue weighted by Gasteiger charge is 2.21. The molecule has 1 aromatic rings. The molecule has 1 aromatic carbocycles. The van der Waals surface area contributed by atoms with Gasteiger partial charge in [0.2, 0.25) is 6.41 Å². The Balaban J connectivity index is 2.08. The van der Waals surface area contributed by atoms with E-state index in [1.54, 1.807) is 12.1 Å². The average Bonchev–Trinajstić information content (AvgIpc) is 2.44. The molecule has 1 fully saturated rings. The second-order valence-electron chi connectivity index (χ2n) is 4.86. The topological polar surface area (TPSA) is 49.4 Å². The molecular formula is C14H16Cl2N2O2. The summed E-state index contributed by atoms with van der Waals surface area (Å²) >= 11 is 11.7. The molecule has 1 aliphatic carbocycles. The van der Waals surface area contributed by atoms with Gasteiger partial charge in [0.15, 0.2) is 0 Å². The van der Waals surface area contributed by atoms with Crippen LogP contribution in [0.15, 0.2) is 18.2 Å². The summed E-state index contributed by atoms with van der Waals surface area (Å²) in [6.45, 7) is 0. The van der Waals surface area contributed by atoms with Gasteiger partial charge < -0.3 is 5.32 Å². The van der Waals surface area contributed by atoms with Gasteiger partial charge in [-0.1, -0.05) is 42.5 Å². The molecule has 2 rings (SSSR count). The summed E-state index contributed by atoms with van der Waals surface area (Å²) in [7, 11) is 0. The summed E-state index contributed by atoms with van der Waals surface area (Å²) in [5.41, 5.74) is 0.405. The van der Waals surface area contributed by atoms with Crippen molar-refractivity contribution in [1.82, 2.24) is 5.32 Å². The number of nitrogens with zero attached hydrogens (tertiary/aromatic N) is 1. The predicted octanol–water partition coefficient (Wildman–Crippen LogP) is 4.00. The van der Waals surface area contributed by atoms with Crippen molar-refractivity contribution in [2.24, 2.45) is 0 Å². The number of carbonyl (C=O) groups excluding carboxylic acids is 2. The van der Waals surface area contributed by atoms with Crippen molar-refractivity contribution in [1.29, 1.82) is 0 Å². The molecule has 4 nitrogen and oxygen atoms in total. The van der Waals surface area contributed by atoms with Crippen molar-refractivity contribution in [3.63, 3.8) is 0 Å². The van der Waals surface area contributed by atoms with Crippen molar-refractivity contribution < 1.29 is 9.59 Å². The first-order chi connectivity index (χ1) is 9.61. The van der Waals surface area contributed by atoms with E-state index in [0.29, 0.717) is 22.1 Å². The van der Waals surface area contributed by atoms with Gasteiger partial charge in [-0.2, -0.15) is 0 Å². The van der Waals surface area contributed by atoms with Gasteiger partial charge in [-0.25, -0.2) is 9.69 Å². The van der Waals surface area contributed by atoms with Crippen LogP contribution in [0.3, 0.4) is 0 Å². The number of nitrogens with one attached hydrogen (secondary N) is 1. The Bertz CT molecular complexity index is 502. The van der Waals surface area contributed by atoms with E-state index in [2.05, 4.69) is 5.32 Å². The zero-order valence-electron chi connectivity index (χ0n) is 10.9. The van der Waals surface area contributed by atoms with Gasteiger partial charge in [-0.15, -0.1) is 0 Å². The smallest absolute Gasteiger partial charge is 0.328 e.